The topological polar surface area (TPSA) is 17.1 Å². The number of halogens is 1. The van der Waals surface area contributed by atoms with Crippen LogP contribution in [0.1, 0.15) is 36.7 Å². The van der Waals surface area contributed by atoms with E-state index in [0.717, 1.165) is 11.1 Å². The summed E-state index contributed by atoms with van der Waals surface area (Å²) < 4.78 is -0.0435. The standard InChI is InChI=1S/C11H13BrO/c1-11(2,3)9-7-5-4-6-8(9)10(12)13/h4-7H,1-3H3. The maximum absolute atomic E-state index is 11.2. The minimum atomic E-state index is -0.0435. The van der Waals surface area contributed by atoms with Gasteiger partial charge in [-0.1, -0.05) is 45.0 Å². The number of benzene rings is 1. The van der Waals surface area contributed by atoms with Gasteiger partial charge in [-0.3, -0.25) is 4.79 Å². The Morgan fingerprint density at radius 3 is 2.15 bits per heavy atom. The molecule has 70 valence electrons. The molecule has 0 bridgehead atoms. The summed E-state index contributed by atoms with van der Waals surface area (Å²) >= 11 is 2.99. The zero-order valence-corrected chi connectivity index (χ0v) is 9.68. The molecule has 2 heteroatoms. The Labute approximate surface area is 87.3 Å². The molecule has 13 heavy (non-hydrogen) atoms. The molecular weight excluding hydrogens is 228 g/mol. The molecule has 0 amide bonds. The normalized spacial score (nSPS) is 11.4. The Bertz CT molecular complexity index is 323. The lowest BCUT2D eigenvalue weighted by atomic mass is 9.84. The minimum Gasteiger partial charge on any atom is -0.281 e. The molecule has 0 radical (unpaired) electrons. The van der Waals surface area contributed by atoms with Crippen molar-refractivity contribution < 1.29 is 4.79 Å². The van der Waals surface area contributed by atoms with Crippen molar-refractivity contribution in [2.24, 2.45) is 0 Å². The Kier molecular flexibility index (Phi) is 2.91. The van der Waals surface area contributed by atoms with Crippen LogP contribution in [-0.4, -0.2) is 4.69 Å². The fraction of sp³-hybridized carbons (Fsp3) is 0.364. The highest BCUT2D eigenvalue weighted by Crippen LogP contribution is 2.26. The van der Waals surface area contributed by atoms with Gasteiger partial charge in [-0.15, -0.1) is 0 Å². The summed E-state index contributed by atoms with van der Waals surface area (Å²) in [6, 6.07) is 7.68. The van der Waals surface area contributed by atoms with Crippen LogP contribution in [0.15, 0.2) is 24.3 Å². The van der Waals surface area contributed by atoms with Gasteiger partial charge in [-0.25, -0.2) is 0 Å². The molecule has 0 spiro atoms. The molecule has 0 aromatic heterocycles. The lowest BCUT2D eigenvalue weighted by Gasteiger charge is -2.21. The van der Waals surface area contributed by atoms with Gasteiger partial charge in [0.25, 0.3) is 0 Å². The van der Waals surface area contributed by atoms with Crippen LogP contribution in [0.4, 0.5) is 0 Å². The summed E-state index contributed by atoms with van der Waals surface area (Å²) in [6.07, 6.45) is 0. The van der Waals surface area contributed by atoms with Crippen LogP contribution >= 0.6 is 15.9 Å². The Balaban J connectivity index is 3.28. The third kappa shape index (κ3) is 2.41. The first kappa shape index (κ1) is 10.5. The number of carbonyl (C=O) groups is 1. The van der Waals surface area contributed by atoms with Crippen LogP contribution in [0.25, 0.3) is 0 Å². The Morgan fingerprint density at radius 2 is 1.77 bits per heavy atom. The molecule has 0 N–H and O–H groups in total. The number of hydrogen-bond acceptors (Lipinski definition) is 1. The highest BCUT2D eigenvalue weighted by atomic mass is 79.9. The summed E-state index contributed by atoms with van der Waals surface area (Å²) in [4.78, 5) is 11.2. The SMILES string of the molecule is CC(C)(C)c1ccccc1C(=O)Br. The van der Waals surface area contributed by atoms with Crippen LogP contribution in [0, 0.1) is 0 Å². The van der Waals surface area contributed by atoms with Gasteiger partial charge < -0.3 is 0 Å². The van der Waals surface area contributed by atoms with Crippen molar-refractivity contribution in [2.45, 2.75) is 26.2 Å². The fourth-order valence-electron chi connectivity index (χ4n) is 1.31. The highest BCUT2D eigenvalue weighted by Gasteiger charge is 2.19. The van der Waals surface area contributed by atoms with Crippen molar-refractivity contribution in [1.29, 1.82) is 0 Å². The van der Waals surface area contributed by atoms with Gasteiger partial charge in [0, 0.05) is 5.56 Å². The van der Waals surface area contributed by atoms with Crippen molar-refractivity contribution in [1.82, 2.24) is 0 Å². The average molecular weight is 241 g/mol. The van der Waals surface area contributed by atoms with E-state index < -0.39 is 0 Å². The van der Waals surface area contributed by atoms with Crippen molar-refractivity contribution in [3.05, 3.63) is 35.4 Å². The lowest BCUT2D eigenvalue weighted by Crippen LogP contribution is -2.15. The quantitative estimate of drug-likeness (QED) is 0.687. The largest absolute Gasteiger partial charge is 0.281 e. The Morgan fingerprint density at radius 1 is 1.23 bits per heavy atom. The van der Waals surface area contributed by atoms with Crippen molar-refractivity contribution in [2.75, 3.05) is 0 Å². The van der Waals surface area contributed by atoms with E-state index in [-0.39, 0.29) is 10.1 Å². The fourth-order valence-corrected chi connectivity index (χ4v) is 1.65. The molecular formula is C11H13BrO. The van der Waals surface area contributed by atoms with Crippen LogP contribution in [0.2, 0.25) is 0 Å². The zero-order chi connectivity index (χ0) is 10.1. The number of rotatable bonds is 1. The van der Waals surface area contributed by atoms with Crippen LogP contribution < -0.4 is 0 Å². The molecule has 1 aromatic carbocycles. The van der Waals surface area contributed by atoms with E-state index in [9.17, 15) is 4.79 Å². The first-order valence-electron chi connectivity index (χ1n) is 4.22. The van der Waals surface area contributed by atoms with Crippen molar-refractivity contribution in [3.8, 4) is 0 Å². The van der Waals surface area contributed by atoms with Crippen LogP contribution in [-0.2, 0) is 5.41 Å². The molecule has 0 fully saturated rings. The second-order valence-electron chi connectivity index (χ2n) is 4.07. The number of carbonyl (C=O) groups excluding carboxylic acids is 1. The van der Waals surface area contributed by atoms with Crippen molar-refractivity contribution >= 4 is 20.6 Å². The predicted octanol–water partition coefficient (Wildman–Crippen LogP) is 3.52. The molecule has 0 atom stereocenters. The van der Waals surface area contributed by atoms with E-state index in [2.05, 4.69) is 36.7 Å². The van der Waals surface area contributed by atoms with Gasteiger partial charge in [0.2, 0.25) is 4.69 Å². The minimum absolute atomic E-state index is 0.0139. The monoisotopic (exact) mass is 240 g/mol. The van der Waals surface area contributed by atoms with Gasteiger partial charge >= 0.3 is 0 Å². The highest BCUT2D eigenvalue weighted by molar-refractivity contribution is 9.18. The van der Waals surface area contributed by atoms with E-state index in [1.165, 1.54) is 0 Å². The molecule has 0 unspecified atom stereocenters. The summed E-state index contributed by atoms with van der Waals surface area (Å²) in [6.45, 7) is 6.30. The molecule has 0 heterocycles. The molecule has 1 rings (SSSR count). The molecule has 0 aliphatic carbocycles. The third-order valence-electron chi connectivity index (χ3n) is 1.95. The van der Waals surface area contributed by atoms with Gasteiger partial charge in [-0.05, 0) is 26.9 Å². The second-order valence-corrected chi connectivity index (χ2v) is 4.79. The first-order chi connectivity index (χ1) is 5.93. The number of hydrogen-bond donors (Lipinski definition) is 0. The molecule has 0 aliphatic heterocycles. The summed E-state index contributed by atoms with van der Waals surface area (Å²) in [5.41, 5.74) is 1.85. The summed E-state index contributed by atoms with van der Waals surface area (Å²) in [5, 5.41) is 0. The smallest absolute Gasteiger partial charge is 0.228 e. The molecule has 1 nitrogen and oxygen atoms in total. The average Bonchev–Trinajstić information content (AvgIpc) is 2.03. The van der Waals surface area contributed by atoms with Gasteiger partial charge in [0.15, 0.2) is 0 Å². The molecule has 0 aliphatic rings. The summed E-state index contributed by atoms with van der Waals surface area (Å²) in [5.74, 6) is 0. The van der Waals surface area contributed by atoms with Crippen molar-refractivity contribution in [3.63, 3.8) is 0 Å². The van der Waals surface area contributed by atoms with Gasteiger partial charge in [0.05, 0.1) is 0 Å². The summed E-state index contributed by atoms with van der Waals surface area (Å²) in [7, 11) is 0. The van der Waals surface area contributed by atoms with Crippen LogP contribution in [0.3, 0.4) is 0 Å². The van der Waals surface area contributed by atoms with E-state index in [1.54, 1.807) is 0 Å². The van der Waals surface area contributed by atoms with Crippen LogP contribution in [0.5, 0.6) is 0 Å². The molecule has 0 saturated carbocycles. The van der Waals surface area contributed by atoms with E-state index in [0.29, 0.717) is 0 Å². The molecule has 0 saturated heterocycles. The van der Waals surface area contributed by atoms with Gasteiger partial charge in [0.1, 0.15) is 0 Å². The lowest BCUT2D eigenvalue weighted by molar-refractivity contribution is 0.109. The predicted molar refractivity (Wildman–Crippen MR) is 58.4 cm³/mol. The zero-order valence-electron chi connectivity index (χ0n) is 8.10. The maximum atomic E-state index is 11.2. The first-order valence-corrected chi connectivity index (χ1v) is 5.01. The maximum Gasteiger partial charge on any atom is 0.228 e. The third-order valence-corrected chi connectivity index (χ3v) is 2.37. The van der Waals surface area contributed by atoms with Gasteiger partial charge in [-0.2, -0.15) is 0 Å². The van der Waals surface area contributed by atoms with E-state index >= 15 is 0 Å². The van der Waals surface area contributed by atoms with E-state index in [1.807, 2.05) is 24.3 Å². The van der Waals surface area contributed by atoms with E-state index in [4.69, 9.17) is 0 Å². The second kappa shape index (κ2) is 3.62. The molecule has 1 aromatic rings. The Hall–Kier alpha value is -0.630.